The van der Waals surface area contributed by atoms with Gasteiger partial charge in [0.25, 0.3) is 0 Å². The van der Waals surface area contributed by atoms with Gasteiger partial charge in [-0.25, -0.2) is 0 Å². The minimum absolute atomic E-state index is 0.0942. The Balaban J connectivity index is 1.99. The third kappa shape index (κ3) is 3.12. The molecule has 0 spiro atoms. The van der Waals surface area contributed by atoms with E-state index in [0.29, 0.717) is 11.6 Å². The SMILES string of the molecule is NCc1cccn1CC(=O)Nc1ccc(Cl)cc1. The largest absolute Gasteiger partial charge is 0.341 e. The number of nitrogens with one attached hydrogen (secondary N) is 1. The molecule has 0 aliphatic carbocycles. The second-order valence-corrected chi connectivity index (χ2v) is 4.32. The molecule has 0 bridgehead atoms. The highest BCUT2D eigenvalue weighted by atomic mass is 35.5. The van der Waals surface area contributed by atoms with Crippen LogP contribution < -0.4 is 11.1 Å². The highest BCUT2D eigenvalue weighted by Crippen LogP contribution is 2.13. The molecule has 2 rings (SSSR count). The molecular formula is C13H14ClN3O. The summed E-state index contributed by atoms with van der Waals surface area (Å²) < 4.78 is 1.82. The summed E-state index contributed by atoms with van der Waals surface area (Å²) in [5.41, 5.74) is 7.23. The maximum Gasteiger partial charge on any atom is 0.244 e. The van der Waals surface area contributed by atoms with Gasteiger partial charge in [0, 0.05) is 29.1 Å². The molecular weight excluding hydrogens is 250 g/mol. The summed E-state index contributed by atoms with van der Waals surface area (Å²) in [6.45, 7) is 0.670. The van der Waals surface area contributed by atoms with Crippen LogP contribution in [0.2, 0.25) is 5.02 Å². The third-order valence-electron chi connectivity index (χ3n) is 2.57. The summed E-state index contributed by atoms with van der Waals surface area (Å²) in [4.78, 5) is 11.8. The van der Waals surface area contributed by atoms with Crippen molar-refractivity contribution < 1.29 is 4.79 Å². The van der Waals surface area contributed by atoms with E-state index in [-0.39, 0.29) is 12.5 Å². The normalized spacial score (nSPS) is 10.3. The highest BCUT2D eigenvalue weighted by molar-refractivity contribution is 6.30. The van der Waals surface area contributed by atoms with Crippen molar-refractivity contribution in [3.8, 4) is 0 Å². The van der Waals surface area contributed by atoms with Crippen molar-refractivity contribution in [2.75, 3.05) is 5.32 Å². The number of nitrogens with zero attached hydrogens (tertiary/aromatic N) is 1. The zero-order valence-electron chi connectivity index (χ0n) is 9.77. The number of anilines is 1. The van der Waals surface area contributed by atoms with Gasteiger partial charge in [-0.05, 0) is 36.4 Å². The lowest BCUT2D eigenvalue weighted by atomic mass is 10.3. The minimum Gasteiger partial charge on any atom is -0.341 e. The summed E-state index contributed by atoms with van der Waals surface area (Å²) in [5, 5.41) is 3.44. The number of aromatic nitrogens is 1. The first-order valence-electron chi connectivity index (χ1n) is 5.58. The Morgan fingerprint density at radius 2 is 2.00 bits per heavy atom. The number of carbonyl (C=O) groups is 1. The van der Waals surface area contributed by atoms with Gasteiger partial charge in [0.2, 0.25) is 5.91 Å². The Labute approximate surface area is 110 Å². The molecule has 94 valence electrons. The molecule has 1 heterocycles. The van der Waals surface area contributed by atoms with E-state index >= 15 is 0 Å². The second kappa shape index (κ2) is 5.71. The molecule has 0 saturated heterocycles. The zero-order chi connectivity index (χ0) is 13.0. The van der Waals surface area contributed by atoms with Crippen LogP contribution in [0.5, 0.6) is 0 Å². The van der Waals surface area contributed by atoms with Gasteiger partial charge in [-0.1, -0.05) is 11.6 Å². The fraction of sp³-hybridized carbons (Fsp3) is 0.154. The fourth-order valence-electron chi connectivity index (χ4n) is 1.68. The number of halogens is 1. The molecule has 1 aromatic heterocycles. The summed E-state index contributed by atoms with van der Waals surface area (Å²) in [7, 11) is 0. The van der Waals surface area contributed by atoms with Crippen LogP contribution >= 0.6 is 11.6 Å². The molecule has 0 radical (unpaired) electrons. The summed E-state index contributed by atoms with van der Waals surface area (Å²) >= 11 is 5.77. The number of hydrogen-bond donors (Lipinski definition) is 2. The van der Waals surface area contributed by atoms with Crippen LogP contribution in [0.1, 0.15) is 5.69 Å². The molecule has 2 aromatic rings. The molecule has 0 saturated carbocycles. The average molecular weight is 264 g/mol. The van der Waals surface area contributed by atoms with Crippen molar-refractivity contribution in [3.63, 3.8) is 0 Å². The smallest absolute Gasteiger partial charge is 0.244 e. The predicted molar refractivity (Wildman–Crippen MR) is 72.4 cm³/mol. The standard InChI is InChI=1S/C13H14ClN3O/c14-10-3-5-11(6-4-10)16-13(18)9-17-7-1-2-12(17)8-15/h1-7H,8-9,15H2,(H,16,18). The molecule has 0 aliphatic heterocycles. The minimum atomic E-state index is -0.0942. The first kappa shape index (κ1) is 12.7. The van der Waals surface area contributed by atoms with E-state index in [2.05, 4.69) is 5.32 Å². The van der Waals surface area contributed by atoms with E-state index in [9.17, 15) is 4.79 Å². The molecule has 5 heteroatoms. The van der Waals surface area contributed by atoms with E-state index < -0.39 is 0 Å². The predicted octanol–water partition coefficient (Wildman–Crippen LogP) is 2.24. The highest BCUT2D eigenvalue weighted by Gasteiger charge is 2.05. The summed E-state index contributed by atoms with van der Waals surface area (Å²) in [6, 6.07) is 10.8. The molecule has 0 fully saturated rings. The van der Waals surface area contributed by atoms with Crippen molar-refractivity contribution in [1.82, 2.24) is 4.57 Å². The van der Waals surface area contributed by atoms with Crippen LogP contribution in [0.3, 0.4) is 0 Å². The topological polar surface area (TPSA) is 60.0 Å². The van der Waals surface area contributed by atoms with Gasteiger partial charge in [-0.15, -0.1) is 0 Å². The van der Waals surface area contributed by atoms with Crippen molar-refractivity contribution in [3.05, 3.63) is 53.3 Å². The average Bonchev–Trinajstić information content (AvgIpc) is 2.79. The van der Waals surface area contributed by atoms with Crippen LogP contribution in [-0.4, -0.2) is 10.5 Å². The number of benzene rings is 1. The Hall–Kier alpha value is -1.78. The maximum absolute atomic E-state index is 11.8. The van der Waals surface area contributed by atoms with E-state index in [0.717, 1.165) is 11.4 Å². The molecule has 1 aromatic carbocycles. The van der Waals surface area contributed by atoms with Crippen LogP contribution in [0.15, 0.2) is 42.6 Å². The third-order valence-corrected chi connectivity index (χ3v) is 2.83. The van der Waals surface area contributed by atoms with Crippen LogP contribution in [-0.2, 0) is 17.9 Å². The summed E-state index contributed by atoms with van der Waals surface area (Å²) in [5.74, 6) is -0.0942. The molecule has 1 amide bonds. The molecule has 0 unspecified atom stereocenters. The van der Waals surface area contributed by atoms with E-state index in [1.807, 2.05) is 22.9 Å². The van der Waals surface area contributed by atoms with Crippen molar-refractivity contribution in [2.24, 2.45) is 5.73 Å². The van der Waals surface area contributed by atoms with Crippen molar-refractivity contribution in [2.45, 2.75) is 13.1 Å². The molecule has 3 N–H and O–H groups in total. The number of hydrogen-bond acceptors (Lipinski definition) is 2. The lowest BCUT2D eigenvalue weighted by Gasteiger charge is -2.08. The fourth-order valence-corrected chi connectivity index (χ4v) is 1.80. The van der Waals surface area contributed by atoms with Gasteiger partial charge in [0.1, 0.15) is 6.54 Å². The zero-order valence-corrected chi connectivity index (χ0v) is 10.5. The number of rotatable bonds is 4. The van der Waals surface area contributed by atoms with E-state index in [4.69, 9.17) is 17.3 Å². The number of nitrogens with two attached hydrogens (primary N) is 1. The quantitative estimate of drug-likeness (QED) is 0.889. The van der Waals surface area contributed by atoms with Gasteiger partial charge in [-0.2, -0.15) is 0 Å². The molecule has 0 atom stereocenters. The Morgan fingerprint density at radius 1 is 1.28 bits per heavy atom. The Morgan fingerprint density at radius 3 is 2.67 bits per heavy atom. The Kier molecular flexibility index (Phi) is 4.02. The van der Waals surface area contributed by atoms with Crippen molar-refractivity contribution in [1.29, 1.82) is 0 Å². The monoisotopic (exact) mass is 263 g/mol. The lowest BCUT2D eigenvalue weighted by molar-refractivity contribution is -0.116. The van der Waals surface area contributed by atoms with Gasteiger partial charge in [0.05, 0.1) is 0 Å². The van der Waals surface area contributed by atoms with Gasteiger partial charge in [-0.3, -0.25) is 4.79 Å². The van der Waals surface area contributed by atoms with Crippen LogP contribution in [0.25, 0.3) is 0 Å². The second-order valence-electron chi connectivity index (χ2n) is 3.89. The van der Waals surface area contributed by atoms with Crippen LogP contribution in [0.4, 0.5) is 5.69 Å². The van der Waals surface area contributed by atoms with E-state index in [1.54, 1.807) is 24.3 Å². The molecule has 18 heavy (non-hydrogen) atoms. The van der Waals surface area contributed by atoms with E-state index in [1.165, 1.54) is 0 Å². The number of amides is 1. The Bertz CT molecular complexity index is 533. The summed E-state index contributed by atoms with van der Waals surface area (Å²) in [6.07, 6.45) is 1.84. The maximum atomic E-state index is 11.8. The van der Waals surface area contributed by atoms with Gasteiger partial charge >= 0.3 is 0 Å². The van der Waals surface area contributed by atoms with Crippen molar-refractivity contribution >= 4 is 23.2 Å². The van der Waals surface area contributed by atoms with Crippen LogP contribution in [0, 0.1) is 0 Å². The number of carbonyl (C=O) groups excluding carboxylic acids is 1. The first-order chi connectivity index (χ1) is 8.69. The van der Waals surface area contributed by atoms with Gasteiger partial charge in [0.15, 0.2) is 0 Å². The lowest BCUT2D eigenvalue weighted by Crippen LogP contribution is -2.20. The first-order valence-corrected chi connectivity index (χ1v) is 5.96. The molecule has 4 nitrogen and oxygen atoms in total. The van der Waals surface area contributed by atoms with Gasteiger partial charge < -0.3 is 15.6 Å². The molecule has 0 aliphatic rings.